The van der Waals surface area contributed by atoms with Crippen LogP contribution in [0.25, 0.3) is 28.4 Å². The van der Waals surface area contributed by atoms with E-state index in [1.807, 2.05) is 61.6 Å². The second-order valence-corrected chi connectivity index (χ2v) is 8.07. The molecule has 35 heavy (non-hydrogen) atoms. The van der Waals surface area contributed by atoms with Gasteiger partial charge in [-0.25, -0.2) is 14.6 Å². The molecular formula is C28H24N2O5. The van der Waals surface area contributed by atoms with Crippen LogP contribution >= 0.6 is 0 Å². The number of anilines is 1. The Morgan fingerprint density at radius 2 is 1.69 bits per heavy atom. The largest absolute Gasteiger partial charge is 0.465 e. The monoisotopic (exact) mass is 468 g/mol. The summed E-state index contributed by atoms with van der Waals surface area (Å²) in [5, 5.41) is 0.457. The van der Waals surface area contributed by atoms with Gasteiger partial charge in [-0.1, -0.05) is 36.4 Å². The van der Waals surface area contributed by atoms with E-state index in [1.54, 1.807) is 18.2 Å². The van der Waals surface area contributed by atoms with E-state index in [2.05, 4.69) is 14.6 Å². The highest BCUT2D eigenvalue weighted by atomic mass is 16.5. The predicted octanol–water partition coefficient (Wildman–Crippen LogP) is 4.64. The highest BCUT2D eigenvalue weighted by molar-refractivity contribution is 6.19. The fourth-order valence-corrected chi connectivity index (χ4v) is 3.67. The van der Waals surface area contributed by atoms with E-state index in [-0.39, 0.29) is 17.2 Å². The Balaban J connectivity index is 1.48. The highest BCUT2D eigenvalue weighted by Gasteiger charge is 2.15. The number of fused-ring (bicyclic) bond motifs is 1. The molecule has 7 heteroatoms. The molecule has 0 atom stereocenters. The van der Waals surface area contributed by atoms with Crippen LogP contribution in [-0.2, 0) is 20.9 Å². The van der Waals surface area contributed by atoms with Crippen LogP contribution in [0.2, 0.25) is 0 Å². The van der Waals surface area contributed by atoms with Crippen LogP contribution in [-0.4, -0.2) is 30.9 Å². The Morgan fingerprint density at radius 3 is 2.34 bits per heavy atom. The zero-order chi connectivity index (χ0) is 24.9. The molecule has 0 saturated carbocycles. The number of nitrogens with zero attached hydrogens (tertiary/aromatic N) is 2. The minimum atomic E-state index is -0.652. The summed E-state index contributed by atoms with van der Waals surface area (Å²) in [5.41, 5.74) is 3.68. The van der Waals surface area contributed by atoms with Gasteiger partial charge >= 0.3 is 11.6 Å². The van der Waals surface area contributed by atoms with Gasteiger partial charge in [-0.3, -0.25) is 4.79 Å². The van der Waals surface area contributed by atoms with E-state index in [0.717, 1.165) is 22.4 Å². The first-order valence-electron chi connectivity index (χ1n) is 11.0. The van der Waals surface area contributed by atoms with E-state index in [1.165, 1.54) is 20.1 Å². The highest BCUT2D eigenvalue weighted by Crippen LogP contribution is 2.22. The Labute approximate surface area is 202 Å². The van der Waals surface area contributed by atoms with Crippen LogP contribution in [0.15, 0.2) is 87.6 Å². The summed E-state index contributed by atoms with van der Waals surface area (Å²) in [4.78, 5) is 42.3. The Hall–Kier alpha value is -4.52. The average molecular weight is 469 g/mol. The molecule has 7 nitrogen and oxygen atoms in total. The first kappa shape index (κ1) is 23.6. The molecule has 0 aliphatic carbocycles. The first-order valence-corrected chi connectivity index (χ1v) is 11.0. The summed E-state index contributed by atoms with van der Waals surface area (Å²) in [6, 6.07) is 22.3. The summed E-state index contributed by atoms with van der Waals surface area (Å²) >= 11 is 0. The minimum Gasteiger partial charge on any atom is -0.465 e. The smallest absolute Gasteiger partial charge is 0.347 e. The van der Waals surface area contributed by atoms with E-state index < -0.39 is 11.6 Å². The van der Waals surface area contributed by atoms with Gasteiger partial charge in [0.2, 0.25) is 5.89 Å². The van der Waals surface area contributed by atoms with Gasteiger partial charge in [0.25, 0.3) is 0 Å². The molecule has 0 amide bonds. The van der Waals surface area contributed by atoms with Crippen molar-refractivity contribution in [2.75, 3.05) is 19.1 Å². The van der Waals surface area contributed by atoms with Gasteiger partial charge in [0.05, 0.1) is 18.0 Å². The zero-order valence-corrected chi connectivity index (χ0v) is 19.6. The second kappa shape index (κ2) is 10.2. The van der Waals surface area contributed by atoms with E-state index in [0.29, 0.717) is 17.4 Å². The van der Waals surface area contributed by atoms with Crippen molar-refractivity contribution in [3.63, 3.8) is 0 Å². The number of benzene rings is 3. The van der Waals surface area contributed by atoms with Crippen molar-refractivity contribution >= 4 is 34.4 Å². The number of esters is 1. The van der Waals surface area contributed by atoms with Crippen LogP contribution in [0.4, 0.5) is 5.69 Å². The lowest BCUT2D eigenvalue weighted by atomic mass is 10.1. The van der Waals surface area contributed by atoms with Crippen LogP contribution in [0.5, 0.6) is 0 Å². The van der Waals surface area contributed by atoms with Crippen molar-refractivity contribution in [3.05, 3.63) is 99.9 Å². The average Bonchev–Trinajstić information content (AvgIpc) is 2.87. The Kier molecular flexibility index (Phi) is 6.87. The summed E-state index contributed by atoms with van der Waals surface area (Å²) in [6.07, 6.45) is 1.52. The third-order valence-corrected chi connectivity index (χ3v) is 5.59. The summed E-state index contributed by atoms with van der Waals surface area (Å²) in [5.74, 6) is -0.714. The molecule has 1 aromatic heterocycles. The number of ether oxygens (including phenoxy) is 1. The molecule has 4 rings (SSSR count). The van der Waals surface area contributed by atoms with Gasteiger partial charge in [0, 0.05) is 24.8 Å². The number of rotatable bonds is 7. The van der Waals surface area contributed by atoms with E-state index in [4.69, 9.17) is 4.42 Å². The molecule has 0 unspecified atom stereocenters. The number of aromatic nitrogens is 1. The summed E-state index contributed by atoms with van der Waals surface area (Å²) in [6.45, 7) is 1.98. The molecule has 4 aromatic rings. The van der Waals surface area contributed by atoms with E-state index in [9.17, 15) is 14.4 Å². The van der Waals surface area contributed by atoms with Gasteiger partial charge < -0.3 is 14.1 Å². The zero-order valence-electron chi connectivity index (χ0n) is 19.6. The number of methoxy groups -OCH3 is 1. The second-order valence-electron chi connectivity index (χ2n) is 8.07. The van der Waals surface area contributed by atoms with Gasteiger partial charge in [-0.2, -0.15) is 0 Å². The minimum absolute atomic E-state index is 0.00503. The number of Topliss-reactive ketones (excluding diaryl/α,β-unsaturated/α-hetero) is 1. The van der Waals surface area contributed by atoms with Crippen LogP contribution in [0.3, 0.4) is 0 Å². The molecule has 0 aliphatic heterocycles. The molecule has 176 valence electrons. The summed E-state index contributed by atoms with van der Waals surface area (Å²) < 4.78 is 10.1. The molecule has 0 spiro atoms. The van der Waals surface area contributed by atoms with Crippen molar-refractivity contribution in [2.45, 2.75) is 13.5 Å². The molecule has 0 aliphatic rings. The lowest BCUT2D eigenvalue weighted by Gasteiger charge is -2.19. The van der Waals surface area contributed by atoms with Gasteiger partial charge in [0.15, 0.2) is 5.78 Å². The van der Waals surface area contributed by atoms with Crippen LogP contribution in [0, 0.1) is 0 Å². The quantitative estimate of drug-likeness (QED) is 0.169. The van der Waals surface area contributed by atoms with Crippen molar-refractivity contribution in [1.29, 1.82) is 0 Å². The molecule has 0 fully saturated rings. The number of ketones is 1. The number of carbonyl (C=O) groups is 2. The topological polar surface area (TPSA) is 89.7 Å². The maximum absolute atomic E-state index is 12.3. The number of hydrogen-bond donors (Lipinski definition) is 0. The first-order chi connectivity index (χ1) is 16.9. The lowest BCUT2D eigenvalue weighted by Crippen LogP contribution is -2.16. The van der Waals surface area contributed by atoms with Crippen LogP contribution < -0.4 is 10.5 Å². The predicted molar refractivity (Wildman–Crippen MR) is 135 cm³/mol. The van der Waals surface area contributed by atoms with E-state index >= 15 is 0 Å². The third kappa shape index (κ3) is 5.35. The summed E-state index contributed by atoms with van der Waals surface area (Å²) in [7, 11) is 3.22. The fraction of sp³-hybridized carbons (Fsp3) is 0.143. The molecule has 0 bridgehead atoms. The van der Waals surface area contributed by atoms with Crippen LogP contribution in [0.1, 0.15) is 18.1 Å². The maximum Gasteiger partial charge on any atom is 0.347 e. The molecule has 0 saturated heterocycles. The lowest BCUT2D eigenvalue weighted by molar-refractivity contribution is -0.137. The molecule has 3 aromatic carbocycles. The Morgan fingerprint density at radius 1 is 1.00 bits per heavy atom. The third-order valence-electron chi connectivity index (χ3n) is 5.59. The van der Waals surface area contributed by atoms with Gasteiger partial charge in [-0.15, -0.1) is 0 Å². The fourth-order valence-electron chi connectivity index (χ4n) is 3.67. The number of carbonyl (C=O) groups excluding carboxylic acids is 2. The van der Waals surface area contributed by atoms with Crippen molar-refractivity contribution in [2.24, 2.45) is 0 Å². The van der Waals surface area contributed by atoms with Gasteiger partial charge in [0.1, 0.15) is 5.57 Å². The molecule has 1 heterocycles. The molecule has 0 N–H and O–H groups in total. The standard InChI is InChI=1S/C28H24N2O5/c1-18(31)24(27(32)34-3)16-19-10-14-22(15-11-19)30(2)17-20-8-12-21(13-9-20)26-29-25-7-5-4-6-23(25)28(33)35-26/h4-16H,17H2,1-3H3/b24-16+. The van der Waals surface area contributed by atoms with Gasteiger partial charge in [-0.05, 0) is 60.5 Å². The van der Waals surface area contributed by atoms with Crippen molar-refractivity contribution in [3.8, 4) is 11.5 Å². The number of hydrogen-bond acceptors (Lipinski definition) is 7. The molecule has 0 radical (unpaired) electrons. The SMILES string of the molecule is COC(=O)/C(=C/c1ccc(N(C)Cc2ccc(-c3nc4ccccc4c(=O)o3)cc2)cc1)C(C)=O. The number of para-hydroxylation sites is 1. The maximum atomic E-state index is 12.3. The van der Waals surface area contributed by atoms with Crippen molar-refractivity contribution in [1.82, 2.24) is 4.98 Å². The molecular weight excluding hydrogens is 444 g/mol. The Bertz CT molecular complexity index is 1470. The van der Waals surface area contributed by atoms with Crippen molar-refractivity contribution < 1.29 is 18.7 Å². The normalized spacial score (nSPS) is 11.3.